The van der Waals surface area contributed by atoms with Crippen LogP contribution in [0, 0.1) is 5.82 Å². The van der Waals surface area contributed by atoms with E-state index in [-0.39, 0.29) is 24.1 Å². The van der Waals surface area contributed by atoms with E-state index in [1.54, 1.807) is 41.3 Å². The van der Waals surface area contributed by atoms with Crippen LogP contribution in [0.1, 0.15) is 15.9 Å². The third-order valence-corrected chi connectivity index (χ3v) is 3.99. The third-order valence-electron chi connectivity index (χ3n) is 3.99. The van der Waals surface area contributed by atoms with Crippen molar-refractivity contribution in [1.82, 2.24) is 4.90 Å². The number of carbonyl (C=O) groups excluding carboxylic acids is 2. The lowest BCUT2D eigenvalue weighted by atomic mass is 10.1. The Morgan fingerprint density at radius 2 is 1.64 bits per heavy atom. The number of hydrogen-bond acceptors (Lipinski definition) is 3. The van der Waals surface area contributed by atoms with Gasteiger partial charge in [-0.3, -0.25) is 9.59 Å². The fourth-order valence-electron chi connectivity index (χ4n) is 2.64. The van der Waals surface area contributed by atoms with E-state index in [9.17, 15) is 14.0 Å². The van der Waals surface area contributed by atoms with Crippen molar-refractivity contribution in [3.05, 3.63) is 65.5 Å². The van der Waals surface area contributed by atoms with Crippen LogP contribution in [-0.2, 0) is 16.0 Å². The average molecular weight is 342 g/mol. The van der Waals surface area contributed by atoms with E-state index in [0.717, 1.165) is 5.56 Å². The number of rotatable bonds is 4. The van der Waals surface area contributed by atoms with Gasteiger partial charge in [0.25, 0.3) is 5.91 Å². The molecule has 2 amide bonds. The zero-order valence-electron chi connectivity index (χ0n) is 13.7. The van der Waals surface area contributed by atoms with Crippen molar-refractivity contribution in [2.45, 2.75) is 6.42 Å². The molecule has 1 fully saturated rings. The van der Waals surface area contributed by atoms with Gasteiger partial charge in [-0.2, -0.15) is 0 Å². The highest BCUT2D eigenvalue weighted by Crippen LogP contribution is 2.13. The molecule has 25 heavy (non-hydrogen) atoms. The summed E-state index contributed by atoms with van der Waals surface area (Å²) in [5.41, 5.74) is 1.93. The third kappa shape index (κ3) is 4.64. The van der Waals surface area contributed by atoms with Crippen LogP contribution in [0.3, 0.4) is 0 Å². The molecule has 1 aliphatic rings. The van der Waals surface area contributed by atoms with Crippen LogP contribution in [0.15, 0.2) is 48.5 Å². The predicted octanol–water partition coefficient (Wildman–Crippen LogP) is 2.48. The van der Waals surface area contributed by atoms with Gasteiger partial charge in [0.05, 0.1) is 19.6 Å². The number of benzene rings is 2. The van der Waals surface area contributed by atoms with Crippen molar-refractivity contribution in [3.8, 4) is 0 Å². The number of morpholine rings is 1. The van der Waals surface area contributed by atoms with Crippen LogP contribution in [0.4, 0.5) is 10.1 Å². The Morgan fingerprint density at radius 1 is 1.00 bits per heavy atom. The number of amides is 2. The molecule has 3 rings (SSSR count). The molecule has 0 aromatic heterocycles. The maximum absolute atomic E-state index is 12.9. The quantitative estimate of drug-likeness (QED) is 0.929. The lowest BCUT2D eigenvalue weighted by molar-refractivity contribution is -0.115. The minimum Gasteiger partial charge on any atom is -0.378 e. The van der Waals surface area contributed by atoms with Crippen molar-refractivity contribution in [3.63, 3.8) is 0 Å². The minimum atomic E-state index is -0.329. The summed E-state index contributed by atoms with van der Waals surface area (Å²) < 4.78 is 18.1. The Labute approximate surface area is 145 Å². The minimum absolute atomic E-state index is 0.0347. The van der Waals surface area contributed by atoms with Gasteiger partial charge in [0.1, 0.15) is 5.82 Å². The molecule has 1 heterocycles. The summed E-state index contributed by atoms with van der Waals surface area (Å²) in [4.78, 5) is 26.1. The van der Waals surface area contributed by atoms with Gasteiger partial charge in [0.2, 0.25) is 5.91 Å². The van der Waals surface area contributed by atoms with E-state index in [1.165, 1.54) is 12.1 Å². The highest BCUT2D eigenvalue weighted by Gasteiger charge is 2.18. The van der Waals surface area contributed by atoms with E-state index in [1.807, 2.05) is 0 Å². The van der Waals surface area contributed by atoms with Crippen molar-refractivity contribution < 1.29 is 18.7 Å². The Balaban J connectivity index is 1.57. The van der Waals surface area contributed by atoms with Crippen molar-refractivity contribution in [2.24, 2.45) is 0 Å². The summed E-state index contributed by atoms with van der Waals surface area (Å²) in [6.07, 6.45) is 0.161. The lowest BCUT2D eigenvalue weighted by Crippen LogP contribution is -2.40. The second kappa shape index (κ2) is 7.90. The maximum atomic E-state index is 12.9. The Morgan fingerprint density at radius 3 is 2.28 bits per heavy atom. The molecule has 6 heteroatoms. The summed E-state index contributed by atoms with van der Waals surface area (Å²) in [5, 5.41) is 2.77. The zero-order chi connectivity index (χ0) is 17.6. The maximum Gasteiger partial charge on any atom is 0.254 e. The van der Waals surface area contributed by atoms with Crippen LogP contribution >= 0.6 is 0 Å². The first-order chi connectivity index (χ1) is 12.1. The Hall–Kier alpha value is -2.73. The molecule has 0 aliphatic carbocycles. The van der Waals surface area contributed by atoms with Gasteiger partial charge < -0.3 is 15.0 Å². The SMILES string of the molecule is O=C(Cc1ccc(F)cc1)Nc1ccc(C(=O)N2CCOCC2)cc1. The van der Waals surface area contributed by atoms with Crippen LogP contribution in [-0.4, -0.2) is 43.0 Å². The number of anilines is 1. The number of ether oxygens (including phenoxy) is 1. The first-order valence-electron chi connectivity index (χ1n) is 8.13. The van der Waals surface area contributed by atoms with Crippen molar-refractivity contribution in [2.75, 3.05) is 31.6 Å². The van der Waals surface area contributed by atoms with Gasteiger partial charge in [-0.05, 0) is 42.0 Å². The molecule has 2 aromatic carbocycles. The number of hydrogen-bond donors (Lipinski definition) is 1. The molecule has 5 nitrogen and oxygen atoms in total. The molecule has 0 atom stereocenters. The normalized spacial score (nSPS) is 14.2. The van der Waals surface area contributed by atoms with E-state index >= 15 is 0 Å². The summed E-state index contributed by atoms with van der Waals surface area (Å²) in [6.45, 7) is 2.30. The van der Waals surface area contributed by atoms with Gasteiger partial charge in [0, 0.05) is 24.3 Å². The van der Waals surface area contributed by atoms with Crippen molar-refractivity contribution >= 4 is 17.5 Å². The first kappa shape index (κ1) is 17.1. The lowest BCUT2D eigenvalue weighted by Gasteiger charge is -2.26. The summed E-state index contributed by atoms with van der Waals surface area (Å²) >= 11 is 0. The number of carbonyl (C=O) groups is 2. The molecule has 1 aliphatic heterocycles. The van der Waals surface area contributed by atoms with E-state index in [2.05, 4.69) is 5.32 Å². The van der Waals surface area contributed by atoms with E-state index in [0.29, 0.717) is 37.6 Å². The van der Waals surface area contributed by atoms with Gasteiger partial charge in [0.15, 0.2) is 0 Å². The average Bonchev–Trinajstić information content (AvgIpc) is 2.64. The smallest absolute Gasteiger partial charge is 0.254 e. The topological polar surface area (TPSA) is 58.6 Å². The van der Waals surface area contributed by atoms with Crippen LogP contribution in [0.2, 0.25) is 0 Å². The van der Waals surface area contributed by atoms with Crippen LogP contribution in [0.5, 0.6) is 0 Å². The molecule has 0 bridgehead atoms. The van der Waals surface area contributed by atoms with Crippen molar-refractivity contribution in [1.29, 1.82) is 0 Å². The molecule has 0 unspecified atom stereocenters. The second-order valence-corrected chi connectivity index (χ2v) is 5.83. The second-order valence-electron chi connectivity index (χ2n) is 5.83. The number of halogens is 1. The van der Waals surface area contributed by atoms with Crippen LogP contribution < -0.4 is 5.32 Å². The molecule has 130 valence electrons. The van der Waals surface area contributed by atoms with Gasteiger partial charge in [-0.25, -0.2) is 4.39 Å². The largest absolute Gasteiger partial charge is 0.378 e. The summed E-state index contributed by atoms with van der Waals surface area (Å²) in [6, 6.07) is 12.6. The Bertz CT molecular complexity index is 738. The van der Waals surface area contributed by atoms with Crippen LogP contribution in [0.25, 0.3) is 0 Å². The number of nitrogens with one attached hydrogen (secondary N) is 1. The monoisotopic (exact) mass is 342 g/mol. The molecular weight excluding hydrogens is 323 g/mol. The molecule has 1 N–H and O–H groups in total. The predicted molar refractivity (Wildman–Crippen MR) is 91.9 cm³/mol. The molecule has 0 spiro atoms. The van der Waals surface area contributed by atoms with Gasteiger partial charge >= 0.3 is 0 Å². The van der Waals surface area contributed by atoms with E-state index in [4.69, 9.17) is 4.74 Å². The molecule has 0 radical (unpaired) electrons. The standard InChI is InChI=1S/C19H19FN2O3/c20-16-5-1-14(2-6-16)13-18(23)21-17-7-3-15(4-8-17)19(24)22-9-11-25-12-10-22/h1-8H,9-13H2,(H,21,23). The highest BCUT2D eigenvalue weighted by molar-refractivity contribution is 5.96. The molecule has 1 saturated heterocycles. The Kier molecular flexibility index (Phi) is 5.40. The summed E-state index contributed by atoms with van der Waals surface area (Å²) in [7, 11) is 0. The number of nitrogens with zero attached hydrogens (tertiary/aromatic N) is 1. The van der Waals surface area contributed by atoms with Gasteiger partial charge in [-0.1, -0.05) is 12.1 Å². The summed E-state index contributed by atoms with van der Waals surface area (Å²) in [5.74, 6) is -0.559. The molecule has 0 saturated carbocycles. The molecular formula is C19H19FN2O3. The van der Waals surface area contributed by atoms with E-state index < -0.39 is 0 Å². The fraction of sp³-hybridized carbons (Fsp3) is 0.263. The van der Waals surface area contributed by atoms with Gasteiger partial charge in [-0.15, -0.1) is 0 Å². The zero-order valence-corrected chi connectivity index (χ0v) is 13.7. The highest BCUT2D eigenvalue weighted by atomic mass is 19.1. The molecule has 2 aromatic rings. The first-order valence-corrected chi connectivity index (χ1v) is 8.13. The fourth-order valence-corrected chi connectivity index (χ4v) is 2.64.